The molecule has 0 fully saturated rings. The maximum atomic E-state index is 11.4. The predicted molar refractivity (Wildman–Crippen MR) is 73.7 cm³/mol. The Morgan fingerprint density at radius 2 is 2.05 bits per heavy atom. The number of carbonyl (C=O) groups is 1. The van der Waals surface area contributed by atoms with E-state index in [0.29, 0.717) is 12.2 Å². The number of carbonyl (C=O) groups excluding carboxylic acids is 1. The number of nitrogens with one attached hydrogen (secondary N) is 1. The molecule has 4 N–H and O–H groups in total. The van der Waals surface area contributed by atoms with Crippen molar-refractivity contribution in [2.75, 3.05) is 7.05 Å². The Bertz CT molecular complexity index is 419. The minimum atomic E-state index is -0.787. The van der Waals surface area contributed by atoms with Crippen molar-refractivity contribution in [3.63, 3.8) is 0 Å². The summed E-state index contributed by atoms with van der Waals surface area (Å²) in [6.07, 6.45) is 0.311. The first-order valence-electron chi connectivity index (χ1n) is 6.26. The van der Waals surface area contributed by atoms with Crippen molar-refractivity contribution in [2.45, 2.75) is 38.5 Å². The van der Waals surface area contributed by atoms with E-state index in [1.165, 1.54) is 0 Å². The van der Waals surface area contributed by atoms with Crippen molar-refractivity contribution in [1.29, 1.82) is 0 Å². The lowest BCUT2D eigenvalue weighted by Crippen LogP contribution is -2.53. The van der Waals surface area contributed by atoms with Crippen LogP contribution in [0.25, 0.3) is 0 Å². The maximum absolute atomic E-state index is 11.4. The standard InChI is InChI=1S/C14H22N2O3/c1-10(8-14(2,16-3)13(15)18)19-12-6-4-11(9-17)5-7-12/h4-7,10,16-17H,8-9H2,1-3H3,(H2,15,18). The van der Waals surface area contributed by atoms with Gasteiger partial charge in [-0.3, -0.25) is 4.79 Å². The first-order chi connectivity index (χ1) is 8.91. The van der Waals surface area contributed by atoms with Gasteiger partial charge in [-0.15, -0.1) is 0 Å². The Hall–Kier alpha value is -1.59. The van der Waals surface area contributed by atoms with Crippen molar-refractivity contribution in [3.8, 4) is 5.75 Å². The van der Waals surface area contributed by atoms with Crippen molar-refractivity contribution in [3.05, 3.63) is 29.8 Å². The predicted octanol–water partition coefficient (Wildman–Crippen LogP) is 0.800. The van der Waals surface area contributed by atoms with Crippen molar-refractivity contribution in [1.82, 2.24) is 5.32 Å². The normalized spacial score (nSPS) is 15.6. The average molecular weight is 266 g/mol. The zero-order chi connectivity index (χ0) is 14.5. The zero-order valence-corrected chi connectivity index (χ0v) is 11.6. The van der Waals surface area contributed by atoms with E-state index in [1.807, 2.05) is 6.92 Å². The van der Waals surface area contributed by atoms with Gasteiger partial charge in [-0.1, -0.05) is 12.1 Å². The largest absolute Gasteiger partial charge is 0.491 e. The summed E-state index contributed by atoms with van der Waals surface area (Å²) in [6.45, 7) is 3.65. The zero-order valence-electron chi connectivity index (χ0n) is 11.6. The first-order valence-corrected chi connectivity index (χ1v) is 6.26. The summed E-state index contributed by atoms with van der Waals surface area (Å²) in [7, 11) is 1.70. The molecule has 0 spiro atoms. The van der Waals surface area contributed by atoms with E-state index in [9.17, 15) is 4.79 Å². The lowest BCUT2D eigenvalue weighted by molar-refractivity contribution is -0.124. The highest BCUT2D eigenvalue weighted by Gasteiger charge is 2.31. The van der Waals surface area contributed by atoms with E-state index in [2.05, 4.69) is 5.32 Å². The summed E-state index contributed by atoms with van der Waals surface area (Å²) in [5, 5.41) is 11.9. The average Bonchev–Trinajstić information content (AvgIpc) is 2.39. The molecular weight excluding hydrogens is 244 g/mol. The van der Waals surface area contributed by atoms with Crippen molar-refractivity contribution < 1.29 is 14.6 Å². The minimum Gasteiger partial charge on any atom is -0.491 e. The number of hydrogen-bond acceptors (Lipinski definition) is 4. The Morgan fingerprint density at radius 1 is 1.47 bits per heavy atom. The van der Waals surface area contributed by atoms with E-state index in [4.69, 9.17) is 15.6 Å². The highest BCUT2D eigenvalue weighted by molar-refractivity contribution is 5.84. The van der Waals surface area contributed by atoms with Gasteiger partial charge in [0.15, 0.2) is 0 Å². The van der Waals surface area contributed by atoms with Gasteiger partial charge in [-0.2, -0.15) is 0 Å². The third kappa shape index (κ3) is 4.22. The molecule has 0 saturated carbocycles. The van der Waals surface area contributed by atoms with Crippen LogP contribution < -0.4 is 15.8 Å². The highest BCUT2D eigenvalue weighted by atomic mass is 16.5. The third-order valence-corrected chi connectivity index (χ3v) is 3.23. The molecule has 106 valence electrons. The molecule has 0 aromatic heterocycles. The van der Waals surface area contributed by atoms with Gasteiger partial charge in [0.05, 0.1) is 18.2 Å². The molecule has 5 nitrogen and oxygen atoms in total. The van der Waals surface area contributed by atoms with Gasteiger partial charge in [-0.05, 0) is 38.6 Å². The van der Waals surface area contributed by atoms with Crippen LogP contribution in [0.2, 0.25) is 0 Å². The molecule has 1 rings (SSSR count). The van der Waals surface area contributed by atoms with Crippen LogP contribution in [0, 0.1) is 0 Å². The lowest BCUT2D eigenvalue weighted by atomic mass is 9.94. The molecule has 2 unspecified atom stereocenters. The van der Waals surface area contributed by atoms with Gasteiger partial charge < -0.3 is 20.9 Å². The lowest BCUT2D eigenvalue weighted by Gasteiger charge is -2.28. The Kier molecular flexibility index (Phi) is 5.32. The SMILES string of the molecule is CNC(C)(CC(C)Oc1ccc(CO)cc1)C(N)=O. The van der Waals surface area contributed by atoms with Gasteiger partial charge in [0.2, 0.25) is 5.91 Å². The van der Waals surface area contributed by atoms with Crippen LogP contribution >= 0.6 is 0 Å². The van der Waals surface area contributed by atoms with Crippen LogP contribution in [-0.4, -0.2) is 29.7 Å². The number of likely N-dealkylation sites (N-methyl/N-ethyl adjacent to an activating group) is 1. The Balaban J connectivity index is 2.63. The van der Waals surface area contributed by atoms with Crippen molar-refractivity contribution >= 4 is 5.91 Å². The molecule has 0 heterocycles. The topological polar surface area (TPSA) is 84.6 Å². The molecule has 19 heavy (non-hydrogen) atoms. The number of benzene rings is 1. The van der Waals surface area contributed by atoms with Crippen LogP contribution in [-0.2, 0) is 11.4 Å². The second-order valence-electron chi connectivity index (χ2n) is 4.88. The molecule has 1 aromatic carbocycles. The number of amides is 1. The highest BCUT2D eigenvalue weighted by Crippen LogP contribution is 2.18. The number of hydrogen-bond donors (Lipinski definition) is 3. The van der Waals surface area contributed by atoms with Crippen LogP contribution in [0.3, 0.4) is 0 Å². The third-order valence-electron chi connectivity index (χ3n) is 3.23. The first kappa shape index (κ1) is 15.5. The van der Waals surface area contributed by atoms with Crippen molar-refractivity contribution in [2.24, 2.45) is 5.73 Å². The summed E-state index contributed by atoms with van der Waals surface area (Å²) < 4.78 is 5.73. The van der Waals surface area contributed by atoms with Crippen LogP contribution in [0.1, 0.15) is 25.8 Å². The molecule has 1 amide bonds. The number of aliphatic hydroxyl groups excluding tert-OH is 1. The Morgan fingerprint density at radius 3 is 2.47 bits per heavy atom. The number of nitrogens with two attached hydrogens (primary N) is 1. The second kappa shape index (κ2) is 6.54. The maximum Gasteiger partial charge on any atom is 0.237 e. The van der Waals surface area contributed by atoms with E-state index >= 15 is 0 Å². The van der Waals surface area contributed by atoms with Gasteiger partial charge in [0, 0.05) is 6.42 Å². The summed E-state index contributed by atoms with van der Waals surface area (Å²) in [5.74, 6) is 0.300. The Labute approximate surface area is 113 Å². The van der Waals surface area contributed by atoms with E-state index in [0.717, 1.165) is 5.56 Å². The minimum absolute atomic E-state index is 0.00926. The fraction of sp³-hybridized carbons (Fsp3) is 0.500. The number of ether oxygens (including phenoxy) is 1. The van der Waals surface area contributed by atoms with E-state index in [-0.39, 0.29) is 12.7 Å². The fourth-order valence-corrected chi connectivity index (χ4v) is 1.85. The number of rotatable bonds is 7. The van der Waals surface area contributed by atoms with Gasteiger partial charge in [0.1, 0.15) is 5.75 Å². The molecular formula is C14H22N2O3. The smallest absolute Gasteiger partial charge is 0.237 e. The number of aliphatic hydroxyl groups is 1. The quantitative estimate of drug-likeness (QED) is 0.681. The molecule has 5 heteroatoms. The fourth-order valence-electron chi connectivity index (χ4n) is 1.85. The molecule has 2 atom stereocenters. The van der Waals surface area contributed by atoms with Gasteiger partial charge in [0.25, 0.3) is 0 Å². The van der Waals surface area contributed by atoms with E-state index < -0.39 is 11.4 Å². The monoisotopic (exact) mass is 266 g/mol. The summed E-state index contributed by atoms with van der Waals surface area (Å²) in [4.78, 5) is 11.4. The summed E-state index contributed by atoms with van der Waals surface area (Å²) in [5.41, 5.74) is 5.42. The molecule has 0 aliphatic carbocycles. The molecule has 0 saturated heterocycles. The van der Waals surface area contributed by atoms with E-state index in [1.54, 1.807) is 38.2 Å². The van der Waals surface area contributed by atoms with Crippen LogP contribution in [0.4, 0.5) is 0 Å². The summed E-state index contributed by atoms with van der Waals surface area (Å²) >= 11 is 0. The molecule has 0 aliphatic rings. The van der Waals surface area contributed by atoms with Crippen LogP contribution in [0.15, 0.2) is 24.3 Å². The summed E-state index contributed by atoms with van der Waals surface area (Å²) in [6, 6.07) is 7.19. The molecule has 0 bridgehead atoms. The van der Waals surface area contributed by atoms with Gasteiger partial charge >= 0.3 is 0 Å². The van der Waals surface area contributed by atoms with Crippen LogP contribution in [0.5, 0.6) is 5.75 Å². The number of primary amides is 1. The second-order valence-corrected chi connectivity index (χ2v) is 4.88. The van der Waals surface area contributed by atoms with Gasteiger partial charge in [-0.25, -0.2) is 0 Å². The molecule has 0 radical (unpaired) electrons. The molecule has 0 aliphatic heterocycles. The molecule has 1 aromatic rings.